The molecule has 0 fully saturated rings. The SMILES string of the molecule is CCCCOCC(O)CN(C)Cc1ccccn1. The summed E-state index contributed by atoms with van der Waals surface area (Å²) >= 11 is 0. The van der Waals surface area contributed by atoms with Gasteiger partial charge >= 0.3 is 0 Å². The molecule has 4 heteroatoms. The summed E-state index contributed by atoms with van der Waals surface area (Å²) in [5, 5.41) is 9.81. The Morgan fingerprint density at radius 2 is 2.28 bits per heavy atom. The van der Waals surface area contributed by atoms with Gasteiger partial charge in [-0.2, -0.15) is 0 Å². The molecule has 0 saturated carbocycles. The number of aromatic nitrogens is 1. The van der Waals surface area contributed by atoms with E-state index in [1.54, 1.807) is 6.20 Å². The molecule has 18 heavy (non-hydrogen) atoms. The van der Waals surface area contributed by atoms with E-state index in [4.69, 9.17) is 4.74 Å². The van der Waals surface area contributed by atoms with Crippen molar-refractivity contribution in [3.8, 4) is 0 Å². The van der Waals surface area contributed by atoms with E-state index in [1.807, 2.05) is 25.2 Å². The van der Waals surface area contributed by atoms with Crippen LogP contribution in [0.15, 0.2) is 24.4 Å². The second-order valence-corrected chi connectivity index (χ2v) is 4.60. The van der Waals surface area contributed by atoms with Gasteiger partial charge in [0.05, 0.1) is 18.4 Å². The number of ether oxygens (including phenoxy) is 1. The Labute approximate surface area is 110 Å². The first-order chi connectivity index (χ1) is 8.72. The van der Waals surface area contributed by atoms with E-state index in [9.17, 15) is 5.11 Å². The Hall–Kier alpha value is -0.970. The van der Waals surface area contributed by atoms with Gasteiger partial charge in [0.15, 0.2) is 0 Å². The summed E-state index contributed by atoms with van der Waals surface area (Å²) in [4.78, 5) is 6.31. The lowest BCUT2D eigenvalue weighted by Gasteiger charge is -2.20. The Kier molecular flexibility index (Phi) is 7.57. The summed E-state index contributed by atoms with van der Waals surface area (Å²) in [6, 6.07) is 5.86. The minimum atomic E-state index is -0.435. The molecular formula is C14H24N2O2. The number of unbranched alkanes of at least 4 members (excludes halogenated alkanes) is 1. The zero-order chi connectivity index (χ0) is 13.2. The molecule has 0 aliphatic heterocycles. The molecular weight excluding hydrogens is 228 g/mol. The van der Waals surface area contributed by atoms with Crippen LogP contribution < -0.4 is 0 Å². The van der Waals surface area contributed by atoms with Crippen LogP contribution in [0, 0.1) is 0 Å². The van der Waals surface area contributed by atoms with E-state index >= 15 is 0 Å². The van der Waals surface area contributed by atoms with E-state index in [1.165, 1.54) is 0 Å². The fourth-order valence-electron chi connectivity index (χ4n) is 1.71. The summed E-state index contributed by atoms with van der Waals surface area (Å²) < 4.78 is 5.39. The van der Waals surface area contributed by atoms with E-state index in [0.29, 0.717) is 13.2 Å². The van der Waals surface area contributed by atoms with Gasteiger partial charge in [0.1, 0.15) is 0 Å². The molecule has 1 heterocycles. The summed E-state index contributed by atoms with van der Waals surface area (Å²) in [6.07, 6.45) is 3.52. The molecule has 4 nitrogen and oxygen atoms in total. The highest BCUT2D eigenvalue weighted by atomic mass is 16.5. The predicted molar refractivity (Wildman–Crippen MR) is 72.3 cm³/mol. The van der Waals surface area contributed by atoms with Crippen LogP contribution >= 0.6 is 0 Å². The molecule has 102 valence electrons. The molecule has 0 bridgehead atoms. The molecule has 0 aromatic carbocycles. The van der Waals surface area contributed by atoms with Crippen LogP contribution in [0.2, 0.25) is 0 Å². The maximum absolute atomic E-state index is 9.81. The van der Waals surface area contributed by atoms with Crippen molar-refractivity contribution in [2.75, 3.05) is 26.8 Å². The van der Waals surface area contributed by atoms with Gasteiger partial charge in [-0.1, -0.05) is 19.4 Å². The zero-order valence-electron chi connectivity index (χ0n) is 11.4. The molecule has 0 aliphatic carbocycles. The van der Waals surface area contributed by atoms with Crippen molar-refractivity contribution in [1.82, 2.24) is 9.88 Å². The first-order valence-corrected chi connectivity index (χ1v) is 6.56. The maximum Gasteiger partial charge on any atom is 0.0900 e. The van der Waals surface area contributed by atoms with Crippen molar-refractivity contribution >= 4 is 0 Å². The number of likely N-dealkylation sites (N-methyl/N-ethyl adjacent to an activating group) is 1. The Morgan fingerprint density at radius 3 is 2.94 bits per heavy atom. The normalized spacial score (nSPS) is 12.9. The highest BCUT2D eigenvalue weighted by molar-refractivity contribution is 5.03. The molecule has 1 N–H and O–H groups in total. The van der Waals surface area contributed by atoms with Crippen molar-refractivity contribution in [2.24, 2.45) is 0 Å². The topological polar surface area (TPSA) is 45.6 Å². The number of nitrogens with zero attached hydrogens (tertiary/aromatic N) is 2. The number of aliphatic hydroxyl groups is 1. The van der Waals surface area contributed by atoms with Crippen molar-refractivity contribution < 1.29 is 9.84 Å². The average molecular weight is 252 g/mol. The van der Waals surface area contributed by atoms with E-state index in [0.717, 1.165) is 31.7 Å². The van der Waals surface area contributed by atoms with Gasteiger partial charge in [-0.05, 0) is 25.6 Å². The molecule has 1 atom stereocenters. The van der Waals surface area contributed by atoms with Crippen LogP contribution in [0.4, 0.5) is 0 Å². The molecule has 1 rings (SSSR count). The van der Waals surface area contributed by atoms with Crippen LogP contribution in [0.3, 0.4) is 0 Å². The first kappa shape index (κ1) is 15.1. The number of rotatable bonds is 9. The molecule has 0 spiro atoms. The van der Waals surface area contributed by atoms with Crippen molar-refractivity contribution in [3.05, 3.63) is 30.1 Å². The highest BCUT2D eigenvalue weighted by Gasteiger charge is 2.09. The van der Waals surface area contributed by atoms with Crippen molar-refractivity contribution in [3.63, 3.8) is 0 Å². The average Bonchev–Trinajstić information content (AvgIpc) is 2.35. The fraction of sp³-hybridized carbons (Fsp3) is 0.643. The van der Waals surface area contributed by atoms with Crippen LogP contribution in [-0.2, 0) is 11.3 Å². The third-order valence-corrected chi connectivity index (χ3v) is 2.63. The quantitative estimate of drug-likeness (QED) is 0.679. The molecule has 1 aromatic rings. The number of aliphatic hydroxyl groups excluding tert-OH is 1. The first-order valence-electron chi connectivity index (χ1n) is 6.56. The summed E-state index contributed by atoms with van der Waals surface area (Å²) in [5.74, 6) is 0. The fourth-order valence-corrected chi connectivity index (χ4v) is 1.71. The van der Waals surface area contributed by atoms with Gasteiger partial charge in [0, 0.05) is 25.9 Å². The summed E-state index contributed by atoms with van der Waals surface area (Å²) in [5.41, 5.74) is 1.01. The molecule has 1 aromatic heterocycles. The van der Waals surface area contributed by atoms with Crippen molar-refractivity contribution in [1.29, 1.82) is 0 Å². The van der Waals surface area contributed by atoms with Gasteiger partial charge in [0.25, 0.3) is 0 Å². The number of hydrogen-bond acceptors (Lipinski definition) is 4. The van der Waals surface area contributed by atoms with Crippen molar-refractivity contribution in [2.45, 2.75) is 32.4 Å². The van der Waals surface area contributed by atoms with Crippen LogP contribution in [0.5, 0.6) is 0 Å². The molecule has 0 amide bonds. The lowest BCUT2D eigenvalue weighted by molar-refractivity contribution is 0.0187. The molecule has 0 aliphatic rings. The zero-order valence-corrected chi connectivity index (χ0v) is 11.4. The Morgan fingerprint density at radius 1 is 1.44 bits per heavy atom. The summed E-state index contributed by atoms with van der Waals surface area (Å²) in [7, 11) is 1.98. The third-order valence-electron chi connectivity index (χ3n) is 2.63. The molecule has 0 saturated heterocycles. The standard InChI is InChI=1S/C14H24N2O2/c1-3-4-9-18-12-14(17)11-16(2)10-13-7-5-6-8-15-13/h5-8,14,17H,3-4,9-12H2,1-2H3. The predicted octanol–water partition coefficient (Wildman–Crippen LogP) is 1.69. The minimum Gasteiger partial charge on any atom is -0.389 e. The molecule has 1 unspecified atom stereocenters. The van der Waals surface area contributed by atoms with E-state index in [-0.39, 0.29) is 0 Å². The van der Waals surface area contributed by atoms with Crippen LogP contribution in [0.25, 0.3) is 0 Å². The monoisotopic (exact) mass is 252 g/mol. The van der Waals surface area contributed by atoms with Gasteiger partial charge in [-0.3, -0.25) is 9.88 Å². The number of hydrogen-bond donors (Lipinski definition) is 1. The maximum atomic E-state index is 9.81. The number of pyridine rings is 1. The lowest BCUT2D eigenvalue weighted by atomic mass is 10.3. The van der Waals surface area contributed by atoms with Gasteiger partial charge in [-0.15, -0.1) is 0 Å². The Balaban J connectivity index is 2.17. The second kappa shape index (κ2) is 9.03. The van der Waals surface area contributed by atoms with Crippen LogP contribution in [0.1, 0.15) is 25.5 Å². The third kappa shape index (κ3) is 6.69. The lowest BCUT2D eigenvalue weighted by Crippen LogP contribution is -2.32. The largest absolute Gasteiger partial charge is 0.389 e. The summed E-state index contributed by atoms with van der Waals surface area (Å²) in [6.45, 7) is 4.61. The van der Waals surface area contributed by atoms with Gasteiger partial charge in [-0.25, -0.2) is 0 Å². The van der Waals surface area contributed by atoms with Gasteiger partial charge in [0.2, 0.25) is 0 Å². The highest BCUT2D eigenvalue weighted by Crippen LogP contribution is 2.00. The van der Waals surface area contributed by atoms with Gasteiger partial charge < -0.3 is 9.84 Å². The minimum absolute atomic E-state index is 0.409. The van der Waals surface area contributed by atoms with E-state index < -0.39 is 6.10 Å². The van der Waals surface area contributed by atoms with E-state index in [2.05, 4.69) is 16.8 Å². The second-order valence-electron chi connectivity index (χ2n) is 4.60. The van der Waals surface area contributed by atoms with Crippen LogP contribution in [-0.4, -0.2) is 47.9 Å². The Bertz CT molecular complexity index is 306. The smallest absolute Gasteiger partial charge is 0.0900 e. The molecule has 0 radical (unpaired) electrons.